The molecule has 0 amide bonds. The normalized spacial score (nSPS) is 18.8. The molecule has 0 atom stereocenters. The second kappa shape index (κ2) is 5.47. The van der Waals surface area contributed by atoms with Crippen LogP contribution in [0.15, 0.2) is 10.9 Å². The van der Waals surface area contributed by atoms with E-state index in [1.165, 1.54) is 32.1 Å². The molecule has 1 aromatic heterocycles. The van der Waals surface area contributed by atoms with E-state index < -0.39 is 0 Å². The van der Waals surface area contributed by atoms with Crippen LogP contribution in [-0.2, 0) is 6.54 Å². The summed E-state index contributed by atoms with van der Waals surface area (Å²) >= 11 is 4.53. The van der Waals surface area contributed by atoms with Gasteiger partial charge in [-0.2, -0.15) is 17.6 Å². The van der Waals surface area contributed by atoms with Crippen LogP contribution in [0.2, 0.25) is 0 Å². The predicted molar refractivity (Wildman–Crippen MR) is 77.3 cm³/mol. The highest BCUT2D eigenvalue weighted by molar-refractivity contribution is 7.80. The SMILES string of the molecule is Cc1cc(C)n(CC2(CS)CCCCC2)c(=O)n1. The highest BCUT2D eigenvalue weighted by atomic mass is 32.1. The van der Waals surface area contributed by atoms with E-state index in [2.05, 4.69) is 17.6 Å². The van der Waals surface area contributed by atoms with Crippen LogP contribution in [0, 0.1) is 19.3 Å². The van der Waals surface area contributed by atoms with Crippen molar-refractivity contribution in [2.45, 2.75) is 52.5 Å². The minimum Gasteiger partial charge on any atom is -0.296 e. The fraction of sp³-hybridized carbons (Fsp3) is 0.714. The molecule has 1 fully saturated rings. The molecule has 1 aromatic rings. The van der Waals surface area contributed by atoms with Crippen molar-refractivity contribution in [1.29, 1.82) is 0 Å². The van der Waals surface area contributed by atoms with Gasteiger partial charge in [0.1, 0.15) is 0 Å². The molecule has 1 aliphatic rings. The summed E-state index contributed by atoms with van der Waals surface area (Å²) in [6.07, 6.45) is 6.18. The Hall–Kier alpha value is -0.770. The summed E-state index contributed by atoms with van der Waals surface area (Å²) in [7, 11) is 0. The topological polar surface area (TPSA) is 34.9 Å². The zero-order valence-electron chi connectivity index (χ0n) is 11.3. The highest BCUT2D eigenvalue weighted by Crippen LogP contribution is 2.38. The fourth-order valence-electron chi connectivity index (χ4n) is 2.97. The summed E-state index contributed by atoms with van der Waals surface area (Å²) in [4.78, 5) is 16.1. The van der Waals surface area contributed by atoms with Gasteiger partial charge in [-0.05, 0) is 43.9 Å². The van der Waals surface area contributed by atoms with Crippen LogP contribution in [0.3, 0.4) is 0 Å². The summed E-state index contributed by atoms with van der Waals surface area (Å²) < 4.78 is 1.83. The third-order valence-corrected chi connectivity index (χ3v) is 4.76. The number of hydrogen-bond acceptors (Lipinski definition) is 3. The second-order valence-corrected chi connectivity index (χ2v) is 5.94. The first kappa shape index (κ1) is 13.7. The van der Waals surface area contributed by atoms with Crippen LogP contribution >= 0.6 is 12.6 Å². The van der Waals surface area contributed by atoms with Crippen molar-refractivity contribution in [2.24, 2.45) is 5.41 Å². The van der Waals surface area contributed by atoms with Crippen molar-refractivity contribution >= 4 is 12.6 Å². The Labute approximate surface area is 114 Å². The molecule has 0 aliphatic heterocycles. The maximum atomic E-state index is 12.0. The first-order valence-corrected chi connectivity index (χ1v) is 7.36. The van der Waals surface area contributed by atoms with Crippen LogP contribution < -0.4 is 5.69 Å². The van der Waals surface area contributed by atoms with Gasteiger partial charge in [-0.3, -0.25) is 4.57 Å². The number of nitrogens with zero attached hydrogens (tertiary/aromatic N) is 2. The van der Waals surface area contributed by atoms with Gasteiger partial charge >= 0.3 is 5.69 Å². The van der Waals surface area contributed by atoms with Crippen molar-refractivity contribution < 1.29 is 0 Å². The van der Waals surface area contributed by atoms with Crippen molar-refractivity contribution in [3.8, 4) is 0 Å². The first-order chi connectivity index (χ1) is 8.56. The number of thiol groups is 1. The lowest BCUT2D eigenvalue weighted by molar-refractivity contribution is 0.185. The zero-order valence-corrected chi connectivity index (χ0v) is 12.2. The van der Waals surface area contributed by atoms with E-state index in [4.69, 9.17) is 0 Å². The Balaban J connectivity index is 2.30. The Bertz CT molecular complexity index is 475. The Morgan fingerprint density at radius 3 is 2.56 bits per heavy atom. The van der Waals surface area contributed by atoms with Crippen molar-refractivity contribution in [2.75, 3.05) is 5.75 Å². The monoisotopic (exact) mass is 266 g/mol. The molecule has 0 saturated heterocycles. The molecule has 100 valence electrons. The van der Waals surface area contributed by atoms with Gasteiger partial charge < -0.3 is 0 Å². The lowest BCUT2D eigenvalue weighted by Gasteiger charge is -2.36. The lowest BCUT2D eigenvalue weighted by atomic mass is 9.75. The van der Waals surface area contributed by atoms with Gasteiger partial charge in [0.25, 0.3) is 0 Å². The van der Waals surface area contributed by atoms with Crippen LogP contribution in [0.5, 0.6) is 0 Å². The molecule has 1 aliphatic carbocycles. The van der Waals surface area contributed by atoms with Gasteiger partial charge in [-0.25, -0.2) is 4.79 Å². The molecule has 0 spiro atoms. The number of aromatic nitrogens is 2. The van der Waals surface area contributed by atoms with E-state index in [9.17, 15) is 4.79 Å². The average molecular weight is 266 g/mol. The van der Waals surface area contributed by atoms with E-state index in [0.29, 0.717) is 0 Å². The molecule has 4 heteroatoms. The molecule has 1 heterocycles. The number of aryl methyl sites for hydroxylation is 2. The van der Waals surface area contributed by atoms with Crippen LogP contribution in [0.1, 0.15) is 43.5 Å². The molecule has 0 radical (unpaired) electrons. The Morgan fingerprint density at radius 2 is 2.00 bits per heavy atom. The minimum atomic E-state index is -0.112. The number of hydrogen-bond donors (Lipinski definition) is 1. The smallest absolute Gasteiger partial charge is 0.296 e. The quantitative estimate of drug-likeness (QED) is 0.854. The highest BCUT2D eigenvalue weighted by Gasteiger charge is 2.31. The van der Waals surface area contributed by atoms with E-state index in [1.807, 2.05) is 24.5 Å². The molecule has 3 nitrogen and oxygen atoms in total. The molecule has 2 rings (SSSR count). The van der Waals surface area contributed by atoms with Crippen LogP contribution in [0.4, 0.5) is 0 Å². The maximum absolute atomic E-state index is 12.0. The molecule has 0 unspecified atom stereocenters. The molecule has 1 saturated carbocycles. The van der Waals surface area contributed by atoms with Crippen LogP contribution in [0.25, 0.3) is 0 Å². The molecule has 18 heavy (non-hydrogen) atoms. The molecule has 0 aromatic carbocycles. The summed E-state index contributed by atoms with van der Waals surface area (Å²) in [5.41, 5.74) is 1.89. The fourth-order valence-corrected chi connectivity index (χ4v) is 3.39. The summed E-state index contributed by atoms with van der Waals surface area (Å²) in [5, 5.41) is 0. The van der Waals surface area contributed by atoms with Gasteiger partial charge in [0.05, 0.1) is 0 Å². The predicted octanol–water partition coefficient (Wildman–Crippen LogP) is 2.74. The van der Waals surface area contributed by atoms with Gasteiger partial charge in [-0.1, -0.05) is 19.3 Å². The van der Waals surface area contributed by atoms with E-state index in [-0.39, 0.29) is 11.1 Å². The van der Waals surface area contributed by atoms with Gasteiger partial charge in [0.2, 0.25) is 0 Å². The Kier molecular flexibility index (Phi) is 4.15. The summed E-state index contributed by atoms with van der Waals surface area (Å²) in [6, 6.07) is 1.98. The minimum absolute atomic E-state index is 0.112. The standard InChI is InChI=1S/C14H22N2OS/c1-11-8-12(2)16(13(17)15-11)9-14(10-18)6-4-3-5-7-14/h8,18H,3-7,9-10H2,1-2H3. The zero-order chi connectivity index (χ0) is 13.2. The van der Waals surface area contributed by atoms with Crippen molar-refractivity contribution in [3.63, 3.8) is 0 Å². The average Bonchev–Trinajstić information content (AvgIpc) is 2.35. The lowest BCUT2D eigenvalue weighted by Crippen LogP contribution is -2.37. The molecular weight excluding hydrogens is 244 g/mol. The summed E-state index contributed by atoms with van der Waals surface area (Å²) in [6.45, 7) is 4.63. The van der Waals surface area contributed by atoms with E-state index in [0.717, 1.165) is 23.7 Å². The van der Waals surface area contributed by atoms with Gasteiger partial charge in [0.15, 0.2) is 0 Å². The van der Waals surface area contributed by atoms with Gasteiger partial charge in [-0.15, -0.1) is 0 Å². The third kappa shape index (κ3) is 2.79. The first-order valence-electron chi connectivity index (χ1n) is 6.72. The second-order valence-electron chi connectivity index (χ2n) is 5.63. The summed E-state index contributed by atoms with van der Waals surface area (Å²) in [5.74, 6) is 0.854. The van der Waals surface area contributed by atoms with Crippen molar-refractivity contribution in [3.05, 3.63) is 27.9 Å². The van der Waals surface area contributed by atoms with Gasteiger partial charge in [0, 0.05) is 17.9 Å². The van der Waals surface area contributed by atoms with E-state index >= 15 is 0 Å². The largest absolute Gasteiger partial charge is 0.347 e. The number of rotatable bonds is 3. The van der Waals surface area contributed by atoms with E-state index in [1.54, 1.807) is 0 Å². The molecule has 0 bridgehead atoms. The molecular formula is C14H22N2OS. The Morgan fingerprint density at radius 1 is 1.33 bits per heavy atom. The molecule has 0 N–H and O–H groups in total. The van der Waals surface area contributed by atoms with Crippen LogP contribution in [-0.4, -0.2) is 15.3 Å². The third-order valence-electron chi connectivity index (χ3n) is 4.09. The van der Waals surface area contributed by atoms with Crippen molar-refractivity contribution in [1.82, 2.24) is 9.55 Å². The maximum Gasteiger partial charge on any atom is 0.347 e.